The molecule has 0 unspecified atom stereocenters. The van der Waals surface area contributed by atoms with Crippen LogP contribution in [0.5, 0.6) is 0 Å². The van der Waals surface area contributed by atoms with Crippen LogP contribution in [0.3, 0.4) is 0 Å². The molecule has 3 heteroatoms. The highest BCUT2D eigenvalue weighted by Crippen LogP contribution is 2.21. The molecule has 0 saturated carbocycles. The topological polar surface area (TPSA) is 47.6 Å². The molecule has 1 aromatic carbocycles. The molecule has 1 aromatic rings. The molecule has 0 radical (unpaired) electrons. The third-order valence-corrected chi connectivity index (χ3v) is 3.25. The molecule has 0 aromatic heterocycles. The zero-order valence-electron chi connectivity index (χ0n) is 12.4. The van der Waals surface area contributed by atoms with Crippen LogP contribution in [0, 0.1) is 12.8 Å². The molecule has 0 aliphatic rings. The number of benzene rings is 1. The largest absolute Gasteiger partial charge is 0.380 e. The monoisotopic (exact) mass is 262 g/mol. The van der Waals surface area contributed by atoms with Gasteiger partial charge >= 0.3 is 0 Å². The van der Waals surface area contributed by atoms with Gasteiger partial charge in [0.2, 0.25) is 0 Å². The third-order valence-electron chi connectivity index (χ3n) is 3.25. The summed E-state index contributed by atoms with van der Waals surface area (Å²) in [4.78, 5) is 5.12. The summed E-state index contributed by atoms with van der Waals surface area (Å²) < 4.78 is 0. The van der Waals surface area contributed by atoms with Crippen molar-refractivity contribution in [1.29, 1.82) is 0 Å². The third kappa shape index (κ3) is 5.03. The van der Waals surface area contributed by atoms with Gasteiger partial charge in [-0.2, -0.15) is 0 Å². The molecular weight excluding hydrogens is 236 g/mol. The van der Waals surface area contributed by atoms with Crippen LogP contribution in [0.2, 0.25) is 0 Å². The van der Waals surface area contributed by atoms with Crippen molar-refractivity contribution in [2.24, 2.45) is 16.8 Å². The Balaban J connectivity index is 3.01. The van der Waals surface area contributed by atoms with Crippen LogP contribution in [0.15, 0.2) is 29.4 Å². The van der Waals surface area contributed by atoms with E-state index in [2.05, 4.69) is 50.2 Å². The first-order chi connectivity index (χ1) is 9.22. The maximum atomic E-state index is 5.40. The van der Waals surface area contributed by atoms with Gasteiger partial charge < -0.3 is 4.84 Å². The molecule has 3 nitrogen and oxygen atoms in total. The standard InChI is InChI=1S/C16H26N2O/c1-4-6-14(7-5-2)16(18-19-12-17)15-10-8-13(3)9-11-15/h8-11,14H,4-7,12,17H2,1-3H3. The van der Waals surface area contributed by atoms with Crippen LogP contribution in [0.25, 0.3) is 0 Å². The van der Waals surface area contributed by atoms with Crippen molar-refractivity contribution in [3.8, 4) is 0 Å². The van der Waals surface area contributed by atoms with E-state index in [1.54, 1.807) is 0 Å². The second-order valence-electron chi connectivity index (χ2n) is 4.91. The lowest BCUT2D eigenvalue weighted by Gasteiger charge is -2.18. The highest BCUT2D eigenvalue weighted by atomic mass is 16.6. The summed E-state index contributed by atoms with van der Waals surface area (Å²) in [6, 6.07) is 8.46. The van der Waals surface area contributed by atoms with E-state index in [0.29, 0.717) is 5.92 Å². The van der Waals surface area contributed by atoms with Crippen molar-refractivity contribution in [2.45, 2.75) is 46.5 Å². The second kappa shape index (κ2) is 8.70. The van der Waals surface area contributed by atoms with E-state index < -0.39 is 0 Å². The van der Waals surface area contributed by atoms with Crippen molar-refractivity contribution in [1.82, 2.24) is 0 Å². The summed E-state index contributed by atoms with van der Waals surface area (Å²) in [5.74, 6) is 0.448. The van der Waals surface area contributed by atoms with Gasteiger partial charge in [-0.15, -0.1) is 0 Å². The number of nitrogens with zero attached hydrogens (tertiary/aromatic N) is 1. The molecule has 0 heterocycles. The molecule has 0 fully saturated rings. The van der Waals surface area contributed by atoms with Crippen molar-refractivity contribution in [3.05, 3.63) is 35.4 Å². The molecule has 0 spiro atoms. The van der Waals surface area contributed by atoms with E-state index >= 15 is 0 Å². The molecule has 0 amide bonds. The second-order valence-corrected chi connectivity index (χ2v) is 4.91. The number of rotatable bonds is 8. The van der Waals surface area contributed by atoms with Gasteiger partial charge in [0.25, 0.3) is 0 Å². The molecular formula is C16H26N2O. The van der Waals surface area contributed by atoms with E-state index in [-0.39, 0.29) is 6.73 Å². The predicted molar refractivity (Wildman–Crippen MR) is 81.2 cm³/mol. The fourth-order valence-corrected chi connectivity index (χ4v) is 2.31. The minimum absolute atomic E-state index is 0.125. The zero-order chi connectivity index (χ0) is 14.1. The van der Waals surface area contributed by atoms with Crippen molar-refractivity contribution in [3.63, 3.8) is 0 Å². The van der Waals surface area contributed by atoms with Crippen LogP contribution in [-0.4, -0.2) is 12.4 Å². The van der Waals surface area contributed by atoms with Crippen molar-refractivity contribution < 1.29 is 4.84 Å². The summed E-state index contributed by atoms with van der Waals surface area (Å²) in [7, 11) is 0. The summed E-state index contributed by atoms with van der Waals surface area (Å²) in [5.41, 5.74) is 8.83. The normalized spacial score (nSPS) is 11.9. The van der Waals surface area contributed by atoms with E-state index in [4.69, 9.17) is 10.6 Å². The lowest BCUT2D eigenvalue weighted by atomic mass is 9.89. The molecule has 0 bridgehead atoms. The molecule has 1 rings (SSSR count). The average Bonchev–Trinajstić information content (AvgIpc) is 2.41. The minimum Gasteiger partial charge on any atom is -0.380 e. The predicted octanol–water partition coefficient (Wildman–Crippen LogP) is 3.85. The number of hydrogen-bond donors (Lipinski definition) is 1. The SMILES string of the molecule is CCCC(CCC)C(=NOCN)c1ccc(C)cc1. The number of nitrogens with two attached hydrogens (primary N) is 1. The number of aryl methyl sites for hydroxylation is 1. The van der Waals surface area contributed by atoms with Crippen LogP contribution in [-0.2, 0) is 4.84 Å². The first-order valence-corrected chi connectivity index (χ1v) is 7.19. The minimum atomic E-state index is 0.125. The van der Waals surface area contributed by atoms with E-state index in [1.807, 2.05) is 0 Å². The Hall–Kier alpha value is -1.35. The first kappa shape index (κ1) is 15.7. The Bertz CT molecular complexity index is 378. The Labute approximate surface area is 116 Å². The molecule has 0 aliphatic carbocycles. The van der Waals surface area contributed by atoms with Crippen LogP contribution in [0.4, 0.5) is 0 Å². The van der Waals surface area contributed by atoms with Gasteiger partial charge in [0.15, 0.2) is 6.73 Å². The van der Waals surface area contributed by atoms with Gasteiger partial charge in [0.1, 0.15) is 0 Å². The summed E-state index contributed by atoms with van der Waals surface area (Å²) >= 11 is 0. The summed E-state index contributed by atoms with van der Waals surface area (Å²) in [6.07, 6.45) is 4.57. The number of hydrogen-bond acceptors (Lipinski definition) is 3. The van der Waals surface area contributed by atoms with Gasteiger partial charge in [-0.1, -0.05) is 61.7 Å². The van der Waals surface area contributed by atoms with Crippen LogP contribution in [0.1, 0.15) is 50.7 Å². The Morgan fingerprint density at radius 2 is 1.74 bits per heavy atom. The van der Waals surface area contributed by atoms with E-state index in [9.17, 15) is 0 Å². The maximum Gasteiger partial charge on any atom is 0.165 e. The van der Waals surface area contributed by atoms with E-state index in [0.717, 1.165) is 37.0 Å². The maximum absolute atomic E-state index is 5.40. The van der Waals surface area contributed by atoms with Crippen LogP contribution < -0.4 is 5.73 Å². The van der Waals surface area contributed by atoms with Gasteiger partial charge in [0.05, 0.1) is 5.71 Å². The highest BCUT2D eigenvalue weighted by molar-refractivity contribution is 6.01. The van der Waals surface area contributed by atoms with Crippen molar-refractivity contribution in [2.75, 3.05) is 6.73 Å². The van der Waals surface area contributed by atoms with Crippen LogP contribution >= 0.6 is 0 Å². The fourth-order valence-electron chi connectivity index (χ4n) is 2.31. The molecule has 0 atom stereocenters. The highest BCUT2D eigenvalue weighted by Gasteiger charge is 2.17. The average molecular weight is 262 g/mol. The number of oxime groups is 1. The Morgan fingerprint density at radius 3 is 2.21 bits per heavy atom. The lowest BCUT2D eigenvalue weighted by molar-refractivity contribution is 0.150. The molecule has 19 heavy (non-hydrogen) atoms. The Kier molecular flexibility index (Phi) is 7.19. The van der Waals surface area contributed by atoms with E-state index in [1.165, 1.54) is 5.56 Å². The fraction of sp³-hybridized carbons (Fsp3) is 0.562. The summed E-state index contributed by atoms with van der Waals surface area (Å²) in [6.45, 7) is 6.63. The van der Waals surface area contributed by atoms with Crippen molar-refractivity contribution >= 4 is 5.71 Å². The molecule has 2 N–H and O–H groups in total. The quantitative estimate of drug-likeness (QED) is 0.439. The molecule has 0 saturated heterocycles. The first-order valence-electron chi connectivity index (χ1n) is 7.19. The smallest absolute Gasteiger partial charge is 0.165 e. The molecule has 0 aliphatic heterocycles. The Morgan fingerprint density at radius 1 is 1.16 bits per heavy atom. The zero-order valence-corrected chi connectivity index (χ0v) is 12.4. The lowest BCUT2D eigenvalue weighted by Crippen LogP contribution is -2.17. The van der Waals surface area contributed by atoms with Gasteiger partial charge in [-0.25, -0.2) is 0 Å². The molecule has 106 valence electrons. The summed E-state index contributed by atoms with van der Waals surface area (Å²) in [5, 5.41) is 4.27. The van der Waals surface area contributed by atoms with Gasteiger partial charge in [0, 0.05) is 5.92 Å². The van der Waals surface area contributed by atoms with Gasteiger partial charge in [-0.05, 0) is 25.3 Å². The van der Waals surface area contributed by atoms with Gasteiger partial charge in [-0.3, -0.25) is 5.73 Å².